The molecule has 11 aromatic rings. The zero-order valence-electron chi connectivity index (χ0n) is 34.2. The molecular weight excluding hydrogens is 763 g/mol. The first-order valence-corrected chi connectivity index (χ1v) is 21.6. The second kappa shape index (κ2) is 13.9. The van der Waals surface area contributed by atoms with Gasteiger partial charge in [0, 0.05) is 16.7 Å². The van der Waals surface area contributed by atoms with Crippen LogP contribution < -0.4 is 0 Å². The van der Waals surface area contributed by atoms with E-state index < -0.39 is 0 Å². The van der Waals surface area contributed by atoms with Crippen molar-refractivity contribution < 1.29 is 0 Å². The lowest BCUT2D eigenvalue weighted by Gasteiger charge is -2.30. The quantitative estimate of drug-likeness (QED) is 0.174. The SMILES string of the molecule is c1cc(-c2cccc(-c3cccc4c3-c3ccccc3C43c4ccccc4-c4ccccc43)c2)cc(-c2nc(-c3ccc4ccccc4c3)nc(-c3ccc4ccccc4c3)n2)c1. The maximum absolute atomic E-state index is 5.17. The van der Waals surface area contributed by atoms with Crippen molar-refractivity contribution in [2.24, 2.45) is 0 Å². The molecule has 0 aliphatic heterocycles. The van der Waals surface area contributed by atoms with Gasteiger partial charge in [-0.25, -0.2) is 15.0 Å². The Morgan fingerprint density at radius 2 is 0.619 bits per heavy atom. The minimum absolute atomic E-state index is 0.386. The van der Waals surface area contributed by atoms with E-state index in [1.807, 2.05) is 0 Å². The molecule has 3 nitrogen and oxygen atoms in total. The van der Waals surface area contributed by atoms with Gasteiger partial charge in [0.2, 0.25) is 0 Å². The lowest BCUT2D eigenvalue weighted by Crippen LogP contribution is -2.25. The van der Waals surface area contributed by atoms with Gasteiger partial charge in [-0.05, 0) is 113 Å². The molecule has 2 aliphatic carbocycles. The molecule has 0 saturated heterocycles. The molecule has 0 fully saturated rings. The highest BCUT2D eigenvalue weighted by molar-refractivity contribution is 6.00. The Balaban J connectivity index is 0.941. The summed E-state index contributed by atoms with van der Waals surface area (Å²) in [5.74, 6) is 1.92. The fourth-order valence-corrected chi connectivity index (χ4v) is 10.5. The van der Waals surface area contributed by atoms with Crippen LogP contribution in [0, 0.1) is 0 Å². The predicted octanol–water partition coefficient (Wildman–Crippen LogP) is 14.9. The Hall–Kier alpha value is -8.27. The number of fused-ring (bicyclic) bond motifs is 12. The topological polar surface area (TPSA) is 38.7 Å². The van der Waals surface area contributed by atoms with Crippen molar-refractivity contribution in [3.8, 4) is 78.7 Å². The minimum Gasteiger partial charge on any atom is -0.208 e. The fraction of sp³-hybridized carbons (Fsp3) is 0.0167. The largest absolute Gasteiger partial charge is 0.208 e. The van der Waals surface area contributed by atoms with Gasteiger partial charge in [-0.15, -0.1) is 0 Å². The summed E-state index contributed by atoms with van der Waals surface area (Å²) in [4.78, 5) is 15.5. The molecule has 13 rings (SSSR count). The summed E-state index contributed by atoms with van der Waals surface area (Å²) in [5, 5.41) is 4.65. The van der Waals surface area contributed by atoms with Crippen LogP contribution in [0.4, 0.5) is 0 Å². The van der Waals surface area contributed by atoms with E-state index in [0.29, 0.717) is 17.5 Å². The first-order valence-electron chi connectivity index (χ1n) is 21.6. The highest BCUT2D eigenvalue weighted by atomic mass is 15.0. The number of rotatable bonds is 5. The standard InChI is InChI=1S/C60H37N3/c1-3-16-40-35-46(32-30-38(40)14-1)58-61-57(62-59(63-58)47-33-31-39-15-2-4-17-41(39)36-47)45-21-12-19-43(37-45)42-18-11-20-44(34-42)48-25-13-29-55-56(48)51-24-7-10-28-54(51)60(55)52-26-8-5-22-49(52)50-23-6-9-27-53(50)60/h1-37H. The molecule has 0 unspecified atom stereocenters. The maximum atomic E-state index is 5.17. The maximum Gasteiger partial charge on any atom is 0.164 e. The zero-order valence-corrected chi connectivity index (χ0v) is 34.2. The number of aromatic nitrogens is 3. The summed E-state index contributed by atoms with van der Waals surface area (Å²) < 4.78 is 0. The average Bonchev–Trinajstić information content (AvgIpc) is 3.84. The summed E-state index contributed by atoms with van der Waals surface area (Å²) in [6.45, 7) is 0. The molecule has 10 aromatic carbocycles. The molecule has 3 heteroatoms. The lowest BCUT2D eigenvalue weighted by atomic mass is 9.70. The number of nitrogens with zero attached hydrogens (tertiary/aromatic N) is 3. The summed E-state index contributed by atoms with van der Waals surface area (Å²) in [7, 11) is 0. The van der Waals surface area contributed by atoms with Gasteiger partial charge in [0.25, 0.3) is 0 Å². The Bertz CT molecular complexity index is 3510. The highest BCUT2D eigenvalue weighted by Crippen LogP contribution is 2.64. The minimum atomic E-state index is -0.386. The highest BCUT2D eigenvalue weighted by Gasteiger charge is 2.51. The number of hydrogen-bond acceptors (Lipinski definition) is 3. The van der Waals surface area contributed by atoms with Crippen LogP contribution >= 0.6 is 0 Å². The first kappa shape index (κ1) is 35.5. The smallest absolute Gasteiger partial charge is 0.164 e. The molecule has 1 aromatic heterocycles. The van der Waals surface area contributed by atoms with Gasteiger partial charge in [-0.3, -0.25) is 0 Å². The van der Waals surface area contributed by atoms with Crippen LogP contribution in [0.2, 0.25) is 0 Å². The molecular formula is C60H37N3. The van der Waals surface area contributed by atoms with Crippen molar-refractivity contribution in [3.05, 3.63) is 247 Å². The van der Waals surface area contributed by atoms with Crippen molar-refractivity contribution >= 4 is 21.5 Å². The van der Waals surface area contributed by atoms with Crippen LogP contribution in [0.1, 0.15) is 22.3 Å². The van der Waals surface area contributed by atoms with Gasteiger partial charge < -0.3 is 0 Å². The van der Waals surface area contributed by atoms with Crippen molar-refractivity contribution in [1.82, 2.24) is 15.0 Å². The molecule has 63 heavy (non-hydrogen) atoms. The van der Waals surface area contributed by atoms with E-state index in [2.05, 4.69) is 224 Å². The molecule has 292 valence electrons. The lowest BCUT2D eigenvalue weighted by molar-refractivity contribution is 0.794. The van der Waals surface area contributed by atoms with Crippen LogP contribution in [-0.2, 0) is 5.41 Å². The Kier molecular flexibility index (Phi) is 7.82. The molecule has 0 amide bonds. The van der Waals surface area contributed by atoms with Gasteiger partial charge in [0.05, 0.1) is 5.41 Å². The van der Waals surface area contributed by atoms with E-state index in [1.54, 1.807) is 0 Å². The summed E-state index contributed by atoms with van der Waals surface area (Å²) >= 11 is 0. The van der Waals surface area contributed by atoms with Crippen molar-refractivity contribution in [2.75, 3.05) is 0 Å². The second-order valence-electron chi connectivity index (χ2n) is 16.7. The normalized spacial score (nSPS) is 12.9. The van der Waals surface area contributed by atoms with Gasteiger partial charge in [-0.2, -0.15) is 0 Å². The number of benzene rings is 10. The van der Waals surface area contributed by atoms with Crippen molar-refractivity contribution in [3.63, 3.8) is 0 Å². The van der Waals surface area contributed by atoms with Crippen molar-refractivity contribution in [2.45, 2.75) is 5.41 Å². The van der Waals surface area contributed by atoms with Crippen LogP contribution in [-0.4, -0.2) is 15.0 Å². The van der Waals surface area contributed by atoms with Crippen LogP contribution in [0.25, 0.3) is 100 Å². The Labute approximate surface area is 365 Å². The predicted molar refractivity (Wildman–Crippen MR) is 258 cm³/mol. The monoisotopic (exact) mass is 799 g/mol. The van der Waals surface area contributed by atoms with E-state index in [1.165, 1.54) is 66.4 Å². The zero-order chi connectivity index (χ0) is 41.5. The Morgan fingerprint density at radius 1 is 0.238 bits per heavy atom. The van der Waals surface area contributed by atoms with E-state index >= 15 is 0 Å². The van der Waals surface area contributed by atoms with Crippen LogP contribution in [0.5, 0.6) is 0 Å². The van der Waals surface area contributed by atoms with E-state index in [-0.39, 0.29) is 5.41 Å². The third-order valence-electron chi connectivity index (χ3n) is 13.3. The van der Waals surface area contributed by atoms with Gasteiger partial charge in [-0.1, -0.05) is 200 Å². The molecule has 2 aliphatic rings. The second-order valence-corrected chi connectivity index (χ2v) is 16.7. The third kappa shape index (κ3) is 5.43. The molecule has 1 heterocycles. The van der Waals surface area contributed by atoms with Gasteiger partial charge in [0.1, 0.15) is 0 Å². The van der Waals surface area contributed by atoms with Crippen LogP contribution in [0.3, 0.4) is 0 Å². The third-order valence-corrected chi connectivity index (χ3v) is 13.3. The molecule has 0 N–H and O–H groups in total. The fourth-order valence-electron chi connectivity index (χ4n) is 10.5. The van der Waals surface area contributed by atoms with Crippen LogP contribution in [0.15, 0.2) is 224 Å². The molecule has 0 atom stereocenters. The molecule has 0 bridgehead atoms. The van der Waals surface area contributed by atoms with E-state index in [4.69, 9.17) is 15.0 Å². The van der Waals surface area contributed by atoms with E-state index in [9.17, 15) is 0 Å². The summed E-state index contributed by atoms with van der Waals surface area (Å²) in [5.41, 5.74) is 17.7. The molecule has 0 radical (unpaired) electrons. The van der Waals surface area contributed by atoms with E-state index in [0.717, 1.165) is 38.6 Å². The average molecular weight is 800 g/mol. The number of hydrogen-bond donors (Lipinski definition) is 0. The molecule has 1 spiro atoms. The first-order chi connectivity index (χ1) is 31.2. The van der Waals surface area contributed by atoms with Gasteiger partial charge in [0.15, 0.2) is 17.5 Å². The summed E-state index contributed by atoms with van der Waals surface area (Å²) in [6.07, 6.45) is 0. The molecule has 0 saturated carbocycles. The Morgan fingerprint density at radius 3 is 1.19 bits per heavy atom. The van der Waals surface area contributed by atoms with Gasteiger partial charge >= 0.3 is 0 Å². The van der Waals surface area contributed by atoms with Crippen molar-refractivity contribution in [1.29, 1.82) is 0 Å². The summed E-state index contributed by atoms with van der Waals surface area (Å²) in [6, 6.07) is 81.2.